The van der Waals surface area contributed by atoms with Crippen LogP contribution in [0.1, 0.15) is 12.5 Å². The minimum atomic E-state index is -0.239. The first kappa shape index (κ1) is 18.0. The Morgan fingerprint density at radius 2 is 1.88 bits per heavy atom. The number of anilines is 1. The van der Waals surface area contributed by atoms with Gasteiger partial charge in [-0.05, 0) is 35.9 Å². The fourth-order valence-corrected chi connectivity index (χ4v) is 2.57. The van der Waals surface area contributed by atoms with Crippen LogP contribution in [-0.4, -0.2) is 30.4 Å². The molecule has 0 atom stereocenters. The summed E-state index contributed by atoms with van der Waals surface area (Å²) in [6, 6.07) is 14.7. The van der Waals surface area contributed by atoms with Crippen molar-refractivity contribution in [3.63, 3.8) is 0 Å². The number of carbonyl (C=O) groups is 2. The minimum absolute atomic E-state index is 0.00608. The predicted octanol–water partition coefficient (Wildman–Crippen LogP) is 3.44. The standard InChI is InChI=1S/C18H19BrN2O3/c1-13(22)21(11-14-6-8-17(24-2)9-7-14)12-18(23)20-16-5-3-4-15(19)10-16/h3-10H,11-12H2,1-2H3,(H,20,23). The van der Waals surface area contributed by atoms with Crippen LogP contribution in [0.4, 0.5) is 5.69 Å². The zero-order chi connectivity index (χ0) is 17.5. The molecule has 0 aliphatic heterocycles. The minimum Gasteiger partial charge on any atom is -0.497 e. The maximum atomic E-state index is 12.2. The Hall–Kier alpha value is -2.34. The van der Waals surface area contributed by atoms with E-state index in [1.807, 2.05) is 36.4 Å². The number of hydrogen-bond acceptors (Lipinski definition) is 3. The lowest BCUT2D eigenvalue weighted by Gasteiger charge is -2.21. The van der Waals surface area contributed by atoms with Crippen LogP contribution in [0.3, 0.4) is 0 Å². The van der Waals surface area contributed by atoms with Crippen molar-refractivity contribution < 1.29 is 14.3 Å². The molecule has 2 rings (SSSR count). The zero-order valence-corrected chi connectivity index (χ0v) is 15.2. The average molecular weight is 391 g/mol. The first-order chi connectivity index (χ1) is 11.5. The summed E-state index contributed by atoms with van der Waals surface area (Å²) in [6.07, 6.45) is 0. The Labute approximate surface area is 149 Å². The lowest BCUT2D eigenvalue weighted by atomic mass is 10.2. The highest BCUT2D eigenvalue weighted by Gasteiger charge is 2.14. The normalized spacial score (nSPS) is 10.1. The van der Waals surface area contributed by atoms with Crippen LogP contribution < -0.4 is 10.1 Å². The molecule has 2 amide bonds. The monoisotopic (exact) mass is 390 g/mol. The number of halogens is 1. The van der Waals surface area contributed by atoms with Crippen molar-refractivity contribution in [1.82, 2.24) is 4.90 Å². The summed E-state index contributed by atoms with van der Waals surface area (Å²) >= 11 is 3.36. The predicted molar refractivity (Wildman–Crippen MR) is 96.9 cm³/mol. The van der Waals surface area contributed by atoms with E-state index in [0.717, 1.165) is 15.8 Å². The van der Waals surface area contributed by atoms with Crippen LogP contribution in [0.15, 0.2) is 53.0 Å². The maximum Gasteiger partial charge on any atom is 0.244 e. The number of amides is 2. The van der Waals surface area contributed by atoms with Gasteiger partial charge in [-0.3, -0.25) is 9.59 Å². The van der Waals surface area contributed by atoms with Crippen LogP contribution in [0, 0.1) is 0 Å². The number of benzene rings is 2. The highest BCUT2D eigenvalue weighted by atomic mass is 79.9. The molecule has 0 saturated carbocycles. The van der Waals surface area contributed by atoms with Gasteiger partial charge in [0.2, 0.25) is 11.8 Å². The van der Waals surface area contributed by atoms with Crippen LogP contribution >= 0.6 is 15.9 Å². The summed E-state index contributed by atoms with van der Waals surface area (Å²) in [6.45, 7) is 1.81. The first-order valence-corrected chi connectivity index (χ1v) is 8.21. The fourth-order valence-electron chi connectivity index (χ4n) is 2.17. The molecule has 0 aromatic heterocycles. The largest absolute Gasteiger partial charge is 0.497 e. The number of nitrogens with zero attached hydrogens (tertiary/aromatic N) is 1. The lowest BCUT2D eigenvalue weighted by molar-refractivity contribution is -0.133. The number of carbonyl (C=O) groups excluding carboxylic acids is 2. The molecule has 126 valence electrons. The molecule has 0 aliphatic rings. The second kappa shape index (κ2) is 8.49. The Bertz CT molecular complexity index is 716. The van der Waals surface area contributed by atoms with Gasteiger partial charge in [-0.2, -0.15) is 0 Å². The third-order valence-electron chi connectivity index (χ3n) is 3.42. The number of ether oxygens (including phenoxy) is 1. The van der Waals surface area contributed by atoms with Gasteiger partial charge in [0, 0.05) is 23.6 Å². The van der Waals surface area contributed by atoms with Crippen LogP contribution in [0.25, 0.3) is 0 Å². The molecule has 0 aliphatic carbocycles. The highest BCUT2D eigenvalue weighted by molar-refractivity contribution is 9.10. The highest BCUT2D eigenvalue weighted by Crippen LogP contribution is 2.16. The quantitative estimate of drug-likeness (QED) is 0.821. The molecule has 5 nitrogen and oxygen atoms in total. The van der Waals surface area contributed by atoms with E-state index in [4.69, 9.17) is 4.74 Å². The third-order valence-corrected chi connectivity index (χ3v) is 3.91. The van der Waals surface area contributed by atoms with Gasteiger partial charge in [0.15, 0.2) is 0 Å². The summed E-state index contributed by atoms with van der Waals surface area (Å²) in [7, 11) is 1.60. The van der Waals surface area contributed by atoms with Gasteiger partial charge in [-0.25, -0.2) is 0 Å². The van der Waals surface area contributed by atoms with Crippen LogP contribution in [0.2, 0.25) is 0 Å². The van der Waals surface area contributed by atoms with E-state index in [-0.39, 0.29) is 18.4 Å². The van der Waals surface area contributed by atoms with Crippen molar-refractivity contribution in [2.45, 2.75) is 13.5 Å². The lowest BCUT2D eigenvalue weighted by Crippen LogP contribution is -2.36. The molecule has 0 unspecified atom stereocenters. The molecule has 24 heavy (non-hydrogen) atoms. The molecular formula is C18H19BrN2O3. The van der Waals surface area contributed by atoms with Crippen molar-refractivity contribution in [3.8, 4) is 5.75 Å². The van der Waals surface area contributed by atoms with Crippen LogP contribution in [0.5, 0.6) is 5.75 Å². The Kier molecular flexibility index (Phi) is 6.37. The average Bonchev–Trinajstić information content (AvgIpc) is 2.54. The van der Waals surface area contributed by atoms with Gasteiger partial charge < -0.3 is 15.0 Å². The zero-order valence-electron chi connectivity index (χ0n) is 13.6. The van der Waals surface area contributed by atoms with Gasteiger partial charge in [0.25, 0.3) is 0 Å². The molecule has 2 aromatic rings. The summed E-state index contributed by atoms with van der Waals surface area (Å²) in [5.41, 5.74) is 1.61. The van der Waals surface area contributed by atoms with Crippen molar-refractivity contribution >= 4 is 33.4 Å². The second-order valence-corrected chi connectivity index (χ2v) is 6.20. The van der Waals surface area contributed by atoms with E-state index in [2.05, 4.69) is 21.2 Å². The summed E-state index contributed by atoms with van der Waals surface area (Å²) in [5.74, 6) is 0.354. The van der Waals surface area contributed by atoms with Gasteiger partial charge in [-0.15, -0.1) is 0 Å². The second-order valence-electron chi connectivity index (χ2n) is 5.28. The van der Waals surface area contributed by atoms with E-state index >= 15 is 0 Å². The van der Waals surface area contributed by atoms with Crippen LogP contribution in [-0.2, 0) is 16.1 Å². The molecule has 0 saturated heterocycles. The van der Waals surface area contributed by atoms with E-state index < -0.39 is 0 Å². The molecule has 6 heteroatoms. The SMILES string of the molecule is COc1ccc(CN(CC(=O)Nc2cccc(Br)c2)C(C)=O)cc1. The van der Waals surface area contributed by atoms with Crippen molar-refractivity contribution in [2.75, 3.05) is 19.0 Å². The van der Waals surface area contributed by atoms with Crippen molar-refractivity contribution in [1.29, 1.82) is 0 Å². The Morgan fingerprint density at radius 3 is 2.46 bits per heavy atom. The van der Waals surface area contributed by atoms with E-state index in [1.165, 1.54) is 11.8 Å². The topological polar surface area (TPSA) is 58.6 Å². The molecule has 0 spiro atoms. The number of methoxy groups -OCH3 is 1. The molecule has 0 fully saturated rings. The van der Waals surface area contributed by atoms with E-state index in [9.17, 15) is 9.59 Å². The Morgan fingerprint density at radius 1 is 1.17 bits per heavy atom. The van der Waals surface area contributed by atoms with Gasteiger partial charge in [0.1, 0.15) is 12.3 Å². The molecule has 0 heterocycles. The van der Waals surface area contributed by atoms with E-state index in [0.29, 0.717) is 12.2 Å². The number of hydrogen-bond donors (Lipinski definition) is 1. The van der Waals surface area contributed by atoms with Crippen molar-refractivity contribution in [2.24, 2.45) is 0 Å². The molecule has 0 radical (unpaired) electrons. The maximum absolute atomic E-state index is 12.2. The van der Waals surface area contributed by atoms with Gasteiger partial charge in [-0.1, -0.05) is 34.1 Å². The Balaban J connectivity index is 1.99. The van der Waals surface area contributed by atoms with Crippen molar-refractivity contribution in [3.05, 3.63) is 58.6 Å². The molecule has 1 N–H and O–H groups in total. The number of rotatable bonds is 6. The summed E-state index contributed by atoms with van der Waals surface area (Å²) in [4.78, 5) is 25.5. The van der Waals surface area contributed by atoms with E-state index in [1.54, 1.807) is 19.2 Å². The molecule has 0 bridgehead atoms. The van der Waals surface area contributed by atoms with Gasteiger partial charge in [0.05, 0.1) is 7.11 Å². The molecular weight excluding hydrogens is 372 g/mol. The fraction of sp³-hybridized carbons (Fsp3) is 0.222. The third kappa shape index (κ3) is 5.38. The summed E-state index contributed by atoms with van der Waals surface area (Å²) < 4.78 is 5.99. The van der Waals surface area contributed by atoms with Gasteiger partial charge >= 0.3 is 0 Å². The smallest absolute Gasteiger partial charge is 0.244 e. The molecule has 2 aromatic carbocycles. The number of nitrogens with one attached hydrogen (secondary N) is 1. The first-order valence-electron chi connectivity index (χ1n) is 7.42. The summed E-state index contributed by atoms with van der Waals surface area (Å²) in [5, 5.41) is 2.79.